The van der Waals surface area contributed by atoms with Crippen LogP contribution in [0.4, 0.5) is 15.8 Å². The number of nitro groups is 2. The number of benzene rings is 1. The Hall–Kier alpha value is -2.41. The largest absolute Gasteiger partial charge is 0.454 e. The number of nitrogens with zero attached hydrogens (tertiary/aromatic N) is 2. The zero-order valence-electron chi connectivity index (χ0n) is 11.9. The van der Waals surface area contributed by atoms with Crippen molar-refractivity contribution in [3.05, 3.63) is 38.4 Å². The van der Waals surface area contributed by atoms with Crippen LogP contribution in [0, 0.1) is 20.2 Å². The van der Waals surface area contributed by atoms with Crippen LogP contribution in [-0.2, 0) is 4.74 Å². The van der Waals surface area contributed by atoms with Gasteiger partial charge in [-0.2, -0.15) is 0 Å². The SMILES string of the molecule is O=[N+]([O-])c1ccc(O[C@@H]2OC(CO)[C@@H](O)[C@H](O)C2F)c([N+](=O)[O-])c1. The summed E-state index contributed by atoms with van der Waals surface area (Å²) in [6.07, 6.45) is -9.15. The summed E-state index contributed by atoms with van der Waals surface area (Å²) in [4.78, 5) is 19.8. The molecular formula is C12H13FN2O9. The first kappa shape index (κ1) is 17.9. The Morgan fingerprint density at radius 2 is 1.88 bits per heavy atom. The third-order valence-electron chi connectivity index (χ3n) is 3.40. The summed E-state index contributed by atoms with van der Waals surface area (Å²) in [5.74, 6) is -0.529. The van der Waals surface area contributed by atoms with Crippen LogP contribution in [0.1, 0.15) is 0 Å². The van der Waals surface area contributed by atoms with Gasteiger partial charge in [-0.1, -0.05) is 0 Å². The van der Waals surface area contributed by atoms with Gasteiger partial charge in [0.25, 0.3) is 5.69 Å². The fraction of sp³-hybridized carbons (Fsp3) is 0.500. The lowest BCUT2D eigenvalue weighted by molar-refractivity contribution is -0.395. The highest BCUT2D eigenvalue weighted by molar-refractivity contribution is 5.53. The fourth-order valence-electron chi connectivity index (χ4n) is 2.13. The lowest BCUT2D eigenvalue weighted by atomic mass is 10.0. The molecule has 1 aromatic rings. The molecule has 0 radical (unpaired) electrons. The highest BCUT2D eigenvalue weighted by Gasteiger charge is 2.46. The lowest BCUT2D eigenvalue weighted by Gasteiger charge is -2.38. The molecule has 24 heavy (non-hydrogen) atoms. The number of hydrogen-bond acceptors (Lipinski definition) is 9. The maximum absolute atomic E-state index is 14.0. The van der Waals surface area contributed by atoms with Gasteiger partial charge < -0.3 is 24.8 Å². The Morgan fingerprint density at radius 3 is 2.42 bits per heavy atom. The Kier molecular flexibility index (Phi) is 5.23. The second-order valence-electron chi connectivity index (χ2n) is 4.94. The van der Waals surface area contributed by atoms with Crippen molar-refractivity contribution in [1.82, 2.24) is 0 Å². The average Bonchev–Trinajstić information content (AvgIpc) is 2.55. The monoisotopic (exact) mass is 348 g/mol. The number of ether oxygens (including phenoxy) is 2. The van der Waals surface area contributed by atoms with Crippen LogP contribution in [0.5, 0.6) is 5.75 Å². The highest BCUT2D eigenvalue weighted by Crippen LogP contribution is 2.34. The van der Waals surface area contributed by atoms with E-state index in [1.54, 1.807) is 0 Å². The molecule has 1 heterocycles. The molecule has 0 bridgehead atoms. The summed E-state index contributed by atoms with van der Waals surface area (Å²) < 4.78 is 23.9. The average molecular weight is 348 g/mol. The number of alkyl halides is 1. The summed E-state index contributed by atoms with van der Waals surface area (Å²) in [5.41, 5.74) is -1.37. The number of aliphatic hydroxyl groups is 3. The van der Waals surface area contributed by atoms with Crippen molar-refractivity contribution < 1.29 is 39.0 Å². The van der Waals surface area contributed by atoms with Crippen LogP contribution in [0.3, 0.4) is 0 Å². The topological polar surface area (TPSA) is 165 Å². The molecule has 2 unspecified atom stereocenters. The van der Waals surface area contributed by atoms with Crippen LogP contribution in [0.2, 0.25) is 0 Å². The van der Waals surface area contributed by atoms with Gasteiger partial charge in [0.2, 0.25) is 12.0 Å². The van der Waals surface area contributed by atoms with Gasteiger partial charge >= 0.3 is 5.69 Å². The zero-order valence-corrected chi connectivity index (χ0v) is 11.9. The van der Waals surface area contributed by atoms with E-state index in [0.717, 1.165) is 12.1 Å². The smallest absolute Gasteiger partial charge is 0.317 e. The lowest BCUT2D eigenvalue weighted by Crippen LogP contribution is -2.58. The highest BCUT2D eigenvalue weighted by atomic mass is 19.1. The van der Waals surface area contributed by atoms with E-state index in [1.807, 2.05) is 0 Å². The Bertz CT molecular complexity index is 641. The molecular weight excluding hydrogens is 335 g/mol. The van der Waals surface area contributed by atoms with Gasteiger partial charge in [0.05, 0.1) is 22.5 Å². The van der Waals surface area contributed by atoms with Crippen LogP contribution >= 0.6 is 0 Å². The molecule has 1 aromatic carbocycles. The molecule has 1 saturated heterocycles. The Morgan fingerprint density at radius 1 is 1.21 bits per heavy atom. The van der Waals surface area contributed by atoms with E-state index < -0.39 is 64.4 Å². The molecule has 0 aromatic heterocycles. The molecule has 0 amide bonds. The molecule has 1 fully saturated rings. The van der Waals surface area contributed by atoms with E-state index in [4.69, 9.17) is 14.6 Å². The van der Waals surface area contributed by atoms with E-state index in [2.05, 4.69) is 0 Å². The quantitative estimate of drug-likeness (QED) is 0.476. The minimum Gasteiger partial charge on any atom is -0.454 e. The van der Waals surface area contributed by atoms with E-state index in [9.17, 15) is 34.8 Å². The number of nitro benzene ring substituents is 2. The molecule has 2 rings (SSSR count). The van der Waals surface area contributed by atoms with E-state index in [0.29, 0.717) is 6.07 Å². The normalized spacial score (nSPS) is 29.9. The minimum atomic E-state index is -2.27. The maximum Gasteiger partial charge on any atom is 0.317 e. The molecule has 0 spiro atoms. The molecule has 12 heteroatoms. The summed E-state index contributed by atoms with van der Waals surface area (Å²) in [5, 5.41) is 49.8. The summed E-state index contributed by atoms with van der Waals surface area (Å²) in [7, 11) is 0. The first-order chi connectivity index (χ1) is 11.3. The van der Waals surface area contributed by atoms with E-state index >= 15 is 0 Å². The number of hydrogen-bond donors (Lipinski definition) is 3. The van der Waals surface area contributed by atoms with Gasteiger partial charge in [-0.05, 0) is 6.07 Å². The zero-order chi connectivity index (χ0) is 18.0. The second-order valence-corrected chi connectivity index (χ2v) is 4.94. The van der Waals surface area contributed by atoms with E-state index in [1.165, 1.54) is 0 Å². The van der Waals surface area contributed by atoms with Gasteiger partial charge in [-0.15, -0.1) is 0 Å². The third kappa shape index (κ3) is 3.41. The van der Waals surface area contributed by atoms with Gasteiger partial charge in [-0.25, -0.2) is 4.39 Å². The standard InChI is InChI=1S/C12H13FN2O9/c13-9-11(18)10(17)8(4-16)24-12(9)23-7-2-1-5(14(19)20)3-6(7)15(21)22/h1-3,8-12,16-18H,4H2/t8?,9?,10-,11-,12-/m1/s1. The minimum absolute atomic E-state index is 0.529. The van der Waals surface area contributed by atoms with Crippen molar-refractivity contribution in [3.8, 4) is 5.75 Å². The van der Waals surface area contributed by atoms with Crippen molar-refractivity contribution in [2.24, 2.45) is 0 Å². The van der Waals surface area contributed by atoms with E-state index in [-0.39, 0.29) is 0 Å². The second kappa shape index (κ2) is 7.00. The van der Waals surface area contributed by atoms with Crippen LogP contribution in [0.25, 0.3) is 0 Å². The fourth-order valence-corrected chi connectivity index (χ4v) is 2.13. The predicted molar refractivity (Wildman–Crippen MR) is 73.0 cm³/mol. The molecule has 0 saturated carbocycles. The number of rotatable bonds is 5. The molecule has 1 aliphatic heterocycles. The molecule has 1 aliphatic rings. The number of halogens is 1. The van der Waals surface area contributed by atoms with Crippen molar-refractivity contribution in [2.45, 2.75) is 30.8 Å². The first-order valence-corrected chi connectivity index (χ1v) is 6.62. The summed E-state index contributed by atoms with van der Waals surface area (Å²) >= 11 is 0. The predicted octanol–water partition coefficient (Wildman–Crippen LogP) is -0.341. The van der Waals surface area contributed by atoms with Crippen molar-refractivity contribution in [2.75, 3.05) is 6.61 Å². The van der Waals surface area contributed by atoms with Crippen LogP contribution in [-0.4, -0.2) is 62.5 Å². The van der Waals surface area contributed by atoms with Crippen molar-refractivity contribution >= 4 is 11.4 Å². The van der Waals surface area contributed by atoms with Crippen LogP contribution < -0.4 is 4.74 Å². The number of non-ortho nitro benzene ring substituents is 1. The van der Waals surface area contributed by atoms with Crippen molar-refractivity contribution in [3.63, 3.8) is 0 Å². The summed E-state index contributed by atoms with van der Waals surface area (Å²) in [6, 6.07) is 2.42. The van der Waals surface area contributed by atoms with Gasteiger partial charge in [0, 0.05) is 6.07 Å². The first-order valence-electron chi connectivity index (χ1n) is 6.62. The maximum atomic E-state index is 14.0. The Balaban J connectivity index is 2.29. The molecule has 11 nitrogen and oxygen atoms in total. The van der Waals surface area contributed by atoms with Gasteiger partial charge in [-0.3, -0.25) is 20.2 Å². The molecule has 0 aliphatic carbocycles. The van der Waals surface area contributed by atoms with Crippen LogP contribution in [0.15, 0.2) is 18.2 Å². The summed E-state index contributed by atoms with van der Waals surface area (Å²) in [6.45, 7) is -0.757. The van der Waals surface area contributed by atoms with Gasteiger partial charge in [0.15, 0.2) is 6.17 Å². The number of aliphatic hydroxyl groups excluding tert-OH is 3. The Labute approximate surface area is 133 Å². The molecule has 132 valence electrons. The third-order valence-corrected chi connectivity index (χ3v) is 3.40. The van der Waals surface area contributed by atoms with Crippen molar-refractivity contribution in [1.29, 1.82) is 0 Å². The molecule has 3 N–H and O–H groups in total. The van der Waals surface area contributed by atoms with Gasteiger partial charge in [0.1, 0.15) is 18.3 Å². The molecule has 5 atom stereocenters.